The predicted octanol–water partition coefficient (Wildman–Crippen LogP) is 4.25. The molecule has 0 saturated carbocycles. The average molecular weight is 378 g/mol. The monoisotopic (exact) mass is 377 g/mol. The second kappa shape index (κ2) is 8.50. The Morgan fingerprint density at radius 1 is 1.16 bits per heavy atom. The van der Waals surface area contributed by atoms with Gasteiger partial charge < -0.3 is 14.4 Å². The second-order valence-corrected chi connectivity index (χ2v) is 6.99. The van der Waals surface area contributed by atoms with Crippen LogP contribution in [0.3, 0.4) is 0 Å². The molecular formula is C19H20ClNO3S. The summed E-state index contributed by atoms with van der Waals surface area (Å²) in [6.45, 7) is 4.20. The molecule has 6 heteroatoms. The summed E-state index contributed by atoms with van der Waals surface area (Å²) in [5, 5.41) is 0.672. The summed E-state index contributed by atoms with van der Waals surface area (Å²) >= 11 is 7.61. The zero-order valence-electron chi connectivity index (χ0n) is 14.0. The molecule has 0 atom stereocenters. The molecule has 3 rings (SSSR count). The van der Waals surface area contributed by atoms with Crippen molar-refractivity contribution in [2.24, 2.45) is 0 Å². The van der Waals surface area contributed by atoms with Crippen LogP contribution in [0, 0.1) is 0 Å². The van der Waals surface area contributed by atoms with Gasteiger partial charge in [0.2, 0.25) is 5.91 Å². The van der Waals surface area contributed by atoms with E-state index >= 15 is 0 Å². The Balaban J connectivity index is 1.66. The number of para-hydroxylation sites is 1. The number of nitrogens with zero attached hydrogens (tertiary/aromatic N) is 1. The van der Waals surface area contributed by atoms with Crippen LogP contribution < -0.4 is 9.47 Å². The molecule has 4 nitrogen and oxygen atoms in total. The maximum atomic E-state index is 12.6. The smallest absolute Gasteiger partial charge is 0.233 e. The molecule has 0 spiro atoms. The van der Waals surface area contributed by atoms with Gasteiger partial charge in [0.25, 0.3) is 0 Å². The van der Waals surface area contributed by atoms with Gasteiger partial charge in [0.05, 0.1) is 10.8 Å². The average Bonchev–Trinajstić information content (AvgIpc) is 2.65. The van der Waals surface area contributed by atoms with E-state index in [0.29, 0.717) is 37.1 Å². The molecule has 1 aliphatic heterocycles. The topological polar surface area (TPSA) is 38.8 Å². The summed E-state index contributed by atoms with van der Waals surface area (Å²) in [6.07, 6.45) is 0. The number of carbonyl (C=O) groups is 1. The summed E-state index contributed by atoms with van der Waals surface area (Å²) in [5.41, 5.74) is 0.968. The lowest BCUT2D eigenvalue weighted by Crippen LogP contribution is -2.32. The molecule has 0 aromatic heterocycles. The molecule has 0 radical (unpaired) electrons. The molecule has 0 saturated heterocycles. The number of halogens is 1. The van der Waals surface area contributed by atoms with Crippen LogP contribution >= 0.6 is 23.4 Å². The molecule has 132 valence electrons. The first kappa shape index (κ1) is 18.0. The van der Waals surface area contributed by atoms with Crippen molar-refractivity contribution < 1.29 is 14.3 Å². The zero-order chi connectivity index (χ0) is 17.6. The van der Waals surface area contributed by atoms with Crippen LogP contribution in [-0.4, -0.2) is 36.3 Å². The lowest BCUT2D eigenvalue weighted by Gasteiger charge is -2.25. The fourth-order valence-corrected chi connectivity index (χ4v) is 3.77. The second-order valence-electron chi connectivity index (χ2n) is 5.57. The number of carbonyl (C=O) groups excluding carboxylic acids is 1. The maximum Gasteiger partial charge on any atom is 0.233 e. The quantitative estimate of drug-likeness (QED) is 0.705. The van der Waals surface area contributed by atoms with E-state index in [1.54, 1.807) is 0 Å². The molecule has 0 unspecified atom stereocenters. The molecule has 2 aromatic carbocycles. The highest BCUT2D eigenvalue weighted by Crippen LogP contribution is 2.34. The molecule has 1 aliphatic rings. The Kier molecular flexibility index (Phi) is 6.10. The van der Waals surface area contributed by atoms with Crippen LogP contribution in [0.2, 0.25) is 5.02 Å². The SMILES string of the molecule is CCN(Cc1cccc2c1OCCO2)C(=O)CSc1ccccc1Cl. The molecule has 25 heavy (non-hydrogen) atoms. The molecule has 0 aliphatic carbocycles. The minimum atomic E-state index is 0.0711. The Hall–Kier alpha value is -1.85. The van der Waals surface area contributed by atoms with Crippen LogP contribution in [0.5, 0.6) is 11.5 Å². The van der Waals surface area contributed by atoms with Crippen LogP contribution in [-0.2, 0) is 11.3 Å². The summed E-state index contributed by atoms with van der Waals surface area (Å²) in [7, 11) is 0. The minimum absolute atomic E-state index is 0.0711. The first-order chi connectivity index (χ1) is 12.2. The van der Waals surface area contributed by atoms with Gasteiger partial charge in [0, 0.05) is 23.5 Å². The number of rotatable bonds is 6. The largest absolute Gasteiger partial charge is 0.486 e. The molecule has 1 amide bonds. The van der Waals surface area contributed by atoms with Crippen molar-refractivity contribution >= 4 is 29.3 Å². The van der Waals surface area contributed by atoms with E-state index in [0.717, 1.165) is 22.0 Å². The van der Waals surface area contributed by atoms with Crippen molar-refractivity contribution in [2.75, 3.05) is 25.5 Å². The number of fused-ring (bicyclic) bond motifs is 1. The third-order valence-electron chi connectivity index (χ3n) is 3.93. The van der Waals surface area contributed by atoms with Gasteiger partial charge >= 0.3 is 0 Å². The van der Waals surface area contributed by atoms with E-state index in [4.69, 9.17) is 21.1 Å². The fourth-order valence-electron chi connectivity index (χ4n) is 2.63. The van der Waals surface area contributed by atoms with Gasteiger partial charge in [-0.3, -0.25) is 4.79 Å². The number of benzene rings is 2. The zero-order valence-corrected chi connectivity index (χ0v) is 15.6. The summed E-state index contributed by atoms with van der Waals surface area (Å²) in [5.74, 6) is 1.92. The normalized spacial score (nSPS) is 12.7. The lowest BCUT2D eigenvalue weighted by molar-refractivity contribution is -0.128. The molecule has 0 N–H and O–H groups in total. The Labute approximate surface area is 157 Å². The van der Waals surface area contributed by atoms with Crippen LogP contribution in [0.25, 0.3) is 0 Å². The van der Waals surface area contributed by atoms with Crippen molar-refractivity contribution in [2.45, 2.75) is 18.4 Å². The molecule has 0 fully saturated rings. The van der Waals surface area contributed by atoms with Gasteiger partial charge in [0.1, 0.15) is 13.2 Å². The molecule has 0 bridgehead atoms. The number of ether oxygens (including phenoxy) is 2. The van der Waals surface area contributed by atoms with Crippen molar-refractivity contribution in [3.8, 4) is 11.5 Å². The number of hydrogen-bond acceptors (Lipinski definition) is 4. The van der Waals surface area contributed by atoms with Crippen molar-refractivity contribution in [3.05, 3.63) is 53.1 Å². The number of hydrogen-bond donors (Lipinski definition) is 0. The van der Waals surface area contributed by atoms with Crippen LogP contribution in [0.4, 0.5) is 0 Å². The van der Waals surface area contributed by atoms with Gasteiger partial charge in [0.15, 0.2) is 11.5 Å². The third kappa shape index (κ3) is 4.41. The van der Waals surface area contributed by atoms with E-state index in [1.807, 2.05) is 54.3 Å². The maximum absolute atomic E-state index is 12.6. The summed E-state index contributed by atoms with van der Waals surface area (Å²) < 4.78 is 11.4. The van der Waals surface area contributed by atoms with E-state index in [-0.39, 0.29) is 5.91 Å². The molecule has 2 aromatic rings. The molecular weight excluding hydrogens is 358 g/mol. The fraction of sp³-hybridized carbons (Fsp3) is 0.316. The van der Waals surface area contributed by atoms with Gasteiger partial charge in [-0.1, -0.05) is 35.9 Å². The van der Waals surface area contributed by atoms with E-state index in [9.17, 15) is 4.79 Å². The Bertz CT molecular complexity index is 753. The van der Waals surface area contributed by atoms with Crippen LogP contribution in [0.1, 0.15) is 12.5 Å². The highest BCUT2D eigenvalue weighted by atomic mass is 35.5. The van der Waals surface area contributed by atoms with E-state index in [1.165, 1.54) is 11.8 Å². The van der Waals surface area contributed by atoms with Crippen molar-refractivity contribution in [3.63, 3.8) is 0 Å². The Morgan fingerprint density at radius 3 is 2.76 bits per heavy atom. The number of thioether (sulfide) groups is 1. The summed E-state index contributed by atoms with van der Waals surface area (Å²) in [4.78, 5) is 15.4. The van der Waals surface area contributed by atoms with Gasteiger partial charge in [-0.25, -0.2) is 0 Å². The molecule has 1 heterocycles. The lowest BCUT2D eigenvalue weighted by atomic mass is 10.1. The summed E-state index contributed by atoms with van der Waals surface area (Å²) in [6, 6.07) is 13.4. The first-order valence-corrected chi connectivity index (χ1v) is 9.58. The van der Waals surface area contributed by atoms with E-state index < -0.39 is 0 Å². The van der Waals surface area contributed by atoms with Gasteiger partial charge in [-0.05, 0) is 25.1 Å². The standard InChI is InChI=1S/C19H20ClNO3S/c1-2-21(18(22)13-25-17-9-4-3-7-15(17)20)12-14-6-5-8-16-19(14)24-11-10-23-16/h3-9H,2,10-13H2,1H3. The highest BCUT2D eigenvalue weighted by Gasteiger charge is 2.19. The van der Waals surface area contributed by atoms with Gasteiger partial charge in [-0.2, -0.15) is 0 Å². The third-order valence-corrected chi connectivity index (χ3v) is 5.43. The van der Waals surface area contributed by atoms with Gasteiger partial charge in [-0.15, -0.1) is 11.8 Å². The predicted molar refractivity (Wildman–Crippen MR) is 101 cm³/mol. The number of amides is 1. The first-order valence-electron chi connectivity index (χ1n) is 8.21. The highest BCUT2D eigenvalue weighted by molar-refractivity contribution is 8.00. The van der Waals surface area contributed by atoms with Crippen molar-refractivity contribution in [1.82, 2.24) is 4.90 Å². The minimum Gasteiger partial charge on any atom is -0.486 e. The van der Waals surface area contributed by atoms with Crippen molar-refractivity contribution in [1.29, 1.82) is 0 Å². The Morgan fingerprint density at radius 2 is 1.96 bits per heavy atom. The van der Waals surface area contributed by atoms with E-state index in [2.05, 4.69) is 0 Å². The van der Waals surface area contributed by atoms with Crippen LogP contribution in [0.15, 0.2) is 47.4 Å².